The predicted molar refractivity (Wildman–Crippen MR) is 65.4 cm³/mol. The van der Waals surface area contributed by atoms with Crippen LogP contribution in [0, 0.1) is 0 Å². The van der Waals surface area contributed by atoms with Crippen LogP contribution in [0.5, 0.6) is 0 Å². The largest absolute Gasteiger partial charge is 0.391 e. The topological polar surface area (TPSA) is 98.1 Å². The van der Waals surface area contributed by atoms with E-state index in [1.165, 1.54) is 4.31 Å². The van der Waals surface area contributed by atoms with Crippen LogP contribution in [0.25, 0.3) is 0 Å². The van der Waals surface area contributed by atoms with Crippen molar-refractivity contribution < 1.29 is 23.7 Å². The summed E-state index contributed by atoms with van der Waals surface area (Å²) in [5.41, 5.74) is -1.53. The molecular weight excluding hydrogens is 258 g/mol. The number of aliphatic hydroxyl groups is 3. The van der Waals surface area contributed by atoms with Crippen molar-refractivity contribution in [1.29, 1.82) is 0 Å². The number of hydrogen-bond acceptors (Lipinski definition) is 5. The van der Waals surface area contributed by atoms with Crippen LogP contribution in [0.4, 0.5) is 0 Å². The summed E-state index contributed by atoms with van der Waals surface area (Å²) in [6, 6.07) is -1.27. The van der Waals surface area contributed by atoms with Gasteiger partial charge in [0.2, 0.25) is 10.0 Å². The van der Waals surface area contributed by atoms with Crippen LogP contribution in [-0.2, 0) is 10.0 Å². The fraction of sp³-hybridized carbons (Fsp3) is 1.00. The van der Waals surface area contributed by atoms with Crippen LogP contribution in [0.1, 0.15) is 32.6 Å². The third-order valence-electron chi connectivity index (χ3n) is 4.26. The van der Waals surface area contributed by atoms with Crippen molar-refractivity contribution in [1.82, 2.24) is 4.31 Å². The number of sulfonamides is 1. The van der Waals surface area contributed by atoms with Crippen LogP contribution in [0.15, 0.2) is 0 Å². The van der Waals surface area contributed by atoms with Gasteiger partial charge < -0.3 is 15.3 Å². The van der Waals surface area contributed by atoms with Gasteiger partial charge in [0.1, 0.15) is 5.60 Å². The first-order chi connectivity index (χ1) is 8.21. The number of piperidine rings is 2. The summed E-state index contributed by atoms with van der Waals surface area (Å²) in [4.78, 5) is 0. The summed E-state index contributed by atoms with van der Waals surface area (Å²) in [5, 5.41) is 30.6. The van der Waals surface area contributed by atoms with Crippen LogP contribution >= 0.6 is 0 Å². The van der Waals surface area contributed by atoms with Gasteiger partial charge in [0.25, 0.3) is 0 Å². The van der Waals surface area contributed by atoms with Crippen LogP contribution in [0.3, 0.4) is 0 Å². The minimum absolute atomic E-state index is 0.233. The molecule has 7 heteroatoms. The number of nitrogens with zero attached hydrogens (tertiary/aromatic N) is 1. The molecule has 2 saturated heterocycles. The van der Waals surface area contributed by atoms with Crippen molar-refractivity contribution in [3.8, 4) is 0 Å². The summed E-state index contributed by atoms with van der Waals surface area (Å²) >= 11 is 0. The quantitative estimate of drug-likeness (QED) is 0.618. The van der Waals surface area contributed by atoms with Crippen LogP contribution in [0.2, 0.25) is 0 Å². The maximum Gasteiger partial charge on any atom is 0.211 e. The smallest absolute Gasteiger partial charge is 0.211 e. The molecule has 2 bridgehead atoms. The molecule has 3 rings (SSSR count). The van der Waals surface area contributed by atoms with E-state index in [-0.39, 0.29) is 12.5 Å². The molecule has 0 amide bonds. The normalized spacial score (nSPS) is 43.1. The van der Waals surface area contributed by atoms with E-state index in [0.717, 1.165) is 6.26 Å². The molecule has 3 aliphatic rings. The molecule has 1 saturated carbocycles. The molecule has 106 valence electrons. The predicted octanol–water partition coefficient (Wildman–Crippen LogP) is -0.954. The third-order valence-corrected chi connectivity index (χ3v) is 5.55. The van der Waals surface area contributed by atoms with E-state index in [2.05, 4.69) is 0 Å². The molecule has 3 fully saturated rings. The highest BCUT2D eigenvalue weighted by Gasteiger charge is 2.60. The van der Waals surface area contributed by atoms with Gasteiger partial charge in [-0.15, -0.1) is 0 Å². The van der Waals surface area contributed by atoms with Crippen molar-refractivity contribution >= 4 is 10.0 Å². The molecule has 2 aliphatic heterocycles. The van der Waals surface area contributed by atoms with E-state index < -0.39 is 33.9 Å². The maximum absolute atomic E-state index is 11.9. The Balaban J connectivity index is 2.47. The zero-order chi connectivity index (χ0) is 13.7. The molecule has 1 aliphatic carbocycles. The van der Waals surface area contributed by atoms with E-state index in [1.807, 2.05) is 0 Å². The third kappa shape index (κ3) is 1.98. The second kappa shape index (κ2) is 4.42. The first-order valence-corrected chi connectivity index (χ1v) is 8.13. The minimum Gasteiger partial charge on any atom is -0.391 e. The van der Waals surface area contributed by atoms with Gasteiger partial charge in [0.15, 0.2) is 0 Å². The second-order valence-electron chi connectivity index (χ2n) is 5.45. The lowest BCUT2D eigenvalue weighted by atomic mass is 9.68. The van der Waals surface area contributed by atoms with Crippen LogP contribution in [-0.4, -0.2) is 64.2 Å². The standard InChI is InChI=1S/C11H21NO5S/c1-3-8(13)10-11(15)5-4-7(6-9(11)14)12(10)18(2,16)17/h7-10,13-15H,3-6H2,1-2H3/t7-,8-,9+,10-,11-/m0/s1. The molecule has 0 radical (unpaired) electrons. The molecule has 6 nitrogen and oxygen atoms in total. The average molecular weight is 279 g/mol. The number of fused-ring (bicyclic) bond motifs is 3. The molecule has 2 heterocycles. The summed E-state index contributed by atoms with van der Waals surface area (Å²) in [6.45, 7) is 1.73. The number of rotatable bonds is 3. The molecule has 3 N–H and O–H groups in total. The molecule has 0 aromatic carbocycles. The second-order valence-corrected chi connectivity index (χ2v) is 7.34. The Bertz CT molecular complexity index is 425. The Morgan fingerprint density at radius 3 is 2.56 bits per heavy atom. The molecule has 5 atom stereocenters. The van der Waals surface area contributed by atoms with E-state index >= 15 is 0 Å². The molecule has 0 aromatic heterocycles. The highest BCUT2D eigenvalue weighted by molar-refractivity contribution is 7.88. The van der Waals surface area contributed by atoms with Crippen LogP contribution < -0.4 is 0 Å². The van der Waals surface area contributed by atoms with Gasteiger partial charge in [-0.25, -0.2) is 8.42 Å². The first kappa shape index (κ1) is 14.2. The number of aliphatic hydroxyl groups excluding tert-OH is 2. The lowest BCUT2D eigenvalue weighted by molar-refractivity contribution is -0.206. The van der Waals surface area contributed by atoms with E-state index in [0.29, 0.717) is 19.3 Å². The van der Waals surface area contributed by atoms with Gasteiger partial charge in [0, 0.05) is 6.04 Å². The Labute approximate surface area is 107 Å². The summed E-state index contributed by atoms with van der Waals surface area (Å²) < 4.78 is 25.0. The summed E-state index contributed by atoms with van der Waals surface area (Å²) in [7, 11) is -3.52. The first-order valence-electron chi connectivity index (χ1n) is 6.28. The monoisotopic (exact) mass is 279 g/mol. The highest BCUT2D eigenvalue weighted by Crippen LogP contribution is 2.45. The lowest BCUT2D eigenvalue weighted by Crippen LogP contribution is -2.74. The zero-order valence-electron chi connectivity index (χ0n) is 10.7. The molecule has 0 aromatic rings. The van der Waals surface area contributed by atoms with E-state index in [1.54, 1.807) is 6.92 Å². The summed E-state index contributed by atoms with van der Waals surface area (Å²) in [6.07, 6.45) is 0.552. The number of hydrogen-bond donors (Lipinski definition) is 3. The van der Waals surface area contributed by atoms with Gasteiger partial charge in [-0.2, -0.15) is 4.31 Å². The van der Waals surface area contributed by atoms with Gasteiger partial charge in [-0.3, -0.25) is 0 Å². The fourth-order valence-electron chi connectivity index (χ4n) is 3.37. The summed E-state index contributed by atoms with van der Waals surface area (Å²) in [5.74, 6) is 0. The zero-order valence-corrected chi connectivity index (χ0v) is 11.5. The van der Waals surface area contributed by atoms with E-state index in [4.69, 9.17) is 0 Å². The Kier molecular flexibility index (Phi) is 3.48. The van der Waals surface area contributed by atoms with Crippen molar-refractivity contribution in [2.24, 2.45) is 0 Å². The molecule has 0 spiro atoms. The maximum atomic E-state index is 11.9. The van der Waals surface area contributed by atoms with E-state index in [9.17, 15) is 23.7 Å². The Morgan fingerprint density at radius 1 is 1.50 bits per heavy atom. The average Bonchev–Trinajstić information content (AvgIpc) is 2.27. The molecular formula is C11H21NO5S. The van der Waals surface area contributed by atoms with Gasteiger partial charge >= 0.3 is 0 Å². The van der Waals surface area contributed by atoms with Crippen molar-refractivity contribution in [2.75, 3.05) is 6.26 Å². The van der Waals surface area contributed by atoms with Crippen molar-refractivity contribution in [2.45, 2.75) is 62.5 Å². The SMILES string of the molecule is CC[C@H](O)[C@@H]1N(S(C)(=O)=O)[C@H]2CC[C@]1(O)[C@H](O)C2. The van der Waals surface area contributed by atoms with Gasteiger partial charge in [-0.05, 0) is 25.7 Å². The Hall–Kier alpha value is -0.210. The molecule has 18 heavy (non-hydrogen) atoms. The Morgan fingerprint density at radius 2 is 2.11 bits per heavy atom. The van der Waals surface area contributed by atoms with Gasteiger partial charge in [0.05, 0.1) is 24.5 Å². The molecule has 0 unspecified atom stereocenters. The minimum atomic E-state index is -3.52. The van der Waals surface area contributed by atoms with Gasteiger partial charge in [-0.1, -0.05) is 6.92 Å². The highest BCUT2D eigenvalue weighted by atomic mass is 32.2. The lowest BCUT2D eigenvalue weighted by Gasteiger charge is -2.58. The van der Waals surface area contributed by atoms with Crippen molar-refractivity contribution in [3.63, 3.8) is 0 Å². The van der Waals surface area contributed by atoms with Crippen molar-refractivity contribution in [3.05, 3.63) is 0 Å². The fourth-order valence-corrected chi connectivity index (χ4v) is 4.84.